The Kier molecular flexibility index (Phi) is 5.01. The third-order valence-corrected chi connectivity index (χ3v) is 4.60. The number of aliphatic hydroxyl groups is 1. The molecule has 6 N–H and O–H groups in total. The van der Waals surface area contributed by atoms with Crippen LogP contribution in [0.5, 0.6) is 0 Å². The molecule has 7 heteroatoms. The molecule has 1 aliphatic carbocycles. The summed E-state index contributed by atoms with van der Waals surface area (Å²) in [5.74, 6) is -1.52. The molecule has 1 saturated heterocycles. The smallest absolute Gasteiger partial charge is 0.250 e. The number of allylic oxidation sites excluding steroid dienone is 4. The van der Waals surface area contributed by atoms with Gasteiger partial charge in [-0.15, -0.1) is 0 Å². The first kappa shape index (κ1) is 18.0. The van der Waals surface area contributed by atoms with E-state index in [1.807, 2.05) is 0 Å². The number of halogens is 1. The average molecular weight is 356 g/mol. The molecule has 0 aromatic heterocycles. The molecule has 1 unspecified atom stereocenters. The average Bonchev–Trinajstić information content (AvgIpc) is 2.62. The van der Waals surface area contributed by atoms with Crippen LogP contribution in [0.25, 0.3) is 0 Å². The number of hydrogen-bond acceptors (Lipinski definition) is 5. The van der Waals surface area contributed by atoms with Gasteiger partial charge in [0.05, 0.1) is 16.9 Å². The zero-order chi connectivity index (χ0) is 18.7. The van der Waals surface area contributed by atoms with Crippen molar-refractivity contribution in [1.82, 2.24) is 5.32 Å². The number of anilines is 1. The van der Waals surface area contributed by atoms with Crippen LogP contribution in [0, 0.1) is 5.41 Å². The number of carbonyl (C=O) groups is 1. The molecule has 6 nitrogen and oxygen atoms in total. The summed E-state index contributed by atoms with van der Waals surface area (Å²) < 4.78 is 14.5. The van der Waals surface area contributed by atoms with Gasteiger partial charge in [0.25, 0.3) is 5.91 Å². The first-order valence-corrected chi connectivity index (χ1v) is 8.38. The molecular formula is C19H21FN4O2. The Morgan fingerprint density at radius 1 is 1.35 bits per heavy atom. The zero-order valence-electron chi connectivity index (χ0n) is 14.2. The molecule has 1 aromatic rings. The van der Waals surface area contributed by atoms with Crippen LogP contribution in [0.2, 0.25) is 0 Å². The third kappa shape index (κ3) is 3.58. The van der Waals surface area contributed by atoms with E-state index >= 15 is 0 Å². The zero-order valence-corrected chi connectivity index (χ0v) is 14.2. The number of amides is 1. The van der Waals surface area contributed by atoms with Gasteiger partial charge in [-0.3, -0.25) is 10.2 Å². The highest BCUT2D eigenvalue weighted by Crippen LogP contribution is 2.29. The van der Waals surface area contributed by atoms with Crippen molar-refractivity contribution in [2.45, 2.75) is 18.4 Å². The standard InChI is InChI=1S/C19H21FN4O2/c20-17(14-3-1-4-15(16(14)21)18(22)25)24-13-7-5-12(6-8-13)19(26)9-2-10-23-11-19/h1,3-8,21,23-24,26H,2,9-11H2,(H2,22,25)/b17-14-,21-16?. The fourth-order valence-electron chi connectivity index (χ4n) is 3.13. The van der Waals surface area contributed by atoms with E-state index in [1.165, 1.54) is 18.2 Å². The molecule has 2 aliphatic rings. The highest BCUT2D eigenvalue weighted by molar-refractivity contribution is 6.28. The summed E-state index contributed by atoms with van der Waals surface area (Å²) in [7, 11) is 0. The molecule has 1 aliphatic heterocycles. The normalized spacial score (nSPS) is 24.8. The van der Waals surface area contributed by atoms with Gasteiger partial charge in [0.1, 0.15) is 5.60 Å². The molecule has 136 valence electrons. The van der Waals surface area contributed by atoms with Crippen molar-refractivity contribution in [3.8, 4) is 0 Å². The second kappa shape index (κ2) is 7.23. The number of benzene rings is 1. The van der Waals surface area contributed by atoms with Gasteiger partial charge >= 0.3 is 0 Å². The van der Waals surface area contributed by atoms with Crippen molar-refractivity contribution < 1.29 is 14.3 Å². The first-order valence-electron chi connectivity index (χ1n) is 8.38. The van der Waals surface area contributed by atoms with Gasteiger partial charge in [0.2, 0.25) is 5.95 Å². The fourth-order valence-corrected chi connectivity index (χ4v) is 3.13. The van der Waals surface area contributed by atoms with Crippen LogP contribution in [0.1, 0.15) is 18.4 Å². The van der Waals surface area contributed by atoms with Gasteiger partial charge in [0.15, 0.2) is 0 Å². The van der Waals surface area contributed by atoms with Crippen molar-refractivity contribution >= 4 is 17.3 Å². The number of rotatable bonds is 4. The second-order valence-corrected chi connectivity index (χ2v) is 6.42. The Hall–Kier alpha value is -2.77. The number of β-amino-alcohol motifs (C(OH)–C–C–N with tert-alkyl or cyclic N) is 1. The van der Waals surface area contributed by atoms with Gasteiger partial charge in [-0.2, -0.15) is 4.39 Å². The lowest BCUT2D eigenvalue weighted by Gasteiger charge is -2.33. The molecule has 26 heavy (non-hydrogen) atoms. The van der Waals surface area contributed by atoms with Crippen molar-refractivity contribution in [3.63, 3.8) is 0 Å². The van der Waals surface area contributed by atoms with Crippen molar-refractivity contribution in [3.05, 3.63) is 65.2 Å². The van der Waals surface area contributed by atoms with Crippen LogP contribution in [-0.4, -0.2) is 29.8 Å². The largest absolute Gasteiger partial charge is 0.384 e. The molecule has 0 spiro atoms. The van der Waals surface area contributed by atoms with E-state index in [0.717, 1.165) is 18.5 Å². The molecule has 0 bridgehead atoms. The molecule has 1 fully saturated rings. The Labute approximate surface area is 150 Å². The first-order chi connectivity index (χ1) is 12.4. The van der Waals surface area contributed by atoms with Crippen LogP contribution < -0.4 is 16.4 Å². The quantitative estimate of drug-likeness (QED) is 0.530. The predicted octanol–water partition coefficient (Wildman–Crippen LogP) is 1.85. The molecule has 0 radical (unpaired) electrons. The van der Waals surface area contributed by atoms with Crippen LogP contribution >= 0.6 is 0 Å². The minimum atomic E-state index is -0.913. The van der Waals surface area contributed by atoms with Crippen LogP contribution in [0.3, 0.4) is 0 Å². The maximum Gasteiger partial charge on any atom is 0.250 e. The van der Waals surface area contributed by atoms with E-state index in [0.29, 0.717) is 18.7 Å². The number of nitrogens with two attached hydrogens (primary N) is 1. The number of primary amides is 1. The van der Waals surface area contributed by atoms with E-state index in [-0.39, 0.29) is 16.9 Å². The highest BCUT2D eigenvalue weighted by atomic mass is 19.1. The van der Waals surface area contributed by atoms with Crippen molar-refractivity contribution in [2.75, 3.05) is 18.4 Å². The van der Waals surface area contributed by atoms with Gasteiger partial charge in [-0.05, 0) is 49.2 Å². The number of hydrogen-bond donors (Lipinski definition) is 5. The summed E-state index contributed by atoms with van der Waals surface area (Å²) >= 11 is 0. The number of piperidine rings is 1. The fraction of sp³-hybridized carbons (Fsp3) is 0.263. The van der Waals surface area contributed by atoms with E-state index < -0.39 is 17.5 Å². The third-order valence-electron chi connectivity index (χ3n) is 4.60. The predicted molar refractivity (Wildman–Crippen MR) is 98.3 cm³/mol. The molecule has 0 saturated carbocycles. The highest BCUT2D eigenvalue weighted by Gasteiger charge is 2.31. The summed E-state index contributed by atoms with van der Waals surface area (Å²) in [5, 5.41) is 24.4. The Morgan fingerprint density at radius 2 is 2.08 bits per heavy atom. The molecule has 1 heterocycles. The molecule has 1 atom stereocenters. The summed E-state index contributed by atoms with van der Waals surface area (Å²) in [6.45, 7) is 1.38. The number of nitrogens with one attached hydrogen (secondary N) is 3. The minimum Gasteiger partial charge on any atom is -0.384 e. The Balaban J connectivity index is 1.77. The van der Waals surface area contributed by atoms with Gasteiger partial charge in [-0.1, -0.05) is 18.2 Å². The van der Waals surface area contributed by atoms with Gasteiger partial charge in [-0.25, -0.2) is 0 Å². The van der Waals surface area contributed by atoms with Crippen molar-refractivity contribution in [2.24, 2.45) is 5.73 Å². The number of carbonyl (C=O) groups excluding carboxylic acids is 1. The van der Waals surface area contributed by atoms with E-state index in [9.17, 15) is 14.3 Å². The Morgan fingerprint density at radius 3 is 2.69 bits per heavy atom. The lowest BCUT2D eigenvalue weighted by molar-refractivity contribution is -0.114. The van der Waals surface area contributed by atoms with Crippen LogP contribution in [0.4, 0.5) is 10.1 Å². The molecule has 1 aromatic carbocycles. The lowest BCUT2D eigenvalue weighted by atomic mass is 9.86. The summed E-state index contributed by atoms with van der Waals surface area (Å²) in [5.41, 5.74) is 5.19. The Bertz CT molecular complexity index is 818. The summed E-state index contributed by atoms with van der Waals surface area (Å²) in [6, 6.07) is 6.85. The monoisotopic (exact) mass is 356 g/mol. The maximum absolute atomic E-state index is 14.5. The van der Waals surface area contributed by atoms with Crippen LogP contribution in [0.15, 0.2) is 59.6 Å². The van der Waals surface area contributed by atoms with Gasteiger partial charge in [0, 0.05) is 12.2 Å². The molecule has 3 rings (SSSR count). The van der Waals surface area contributed by atoms with Gasteiger partial charge < -0.3 is 21.5 Å². The molecular weight excluding hydrogens is 335 g/mol. The lowest BCUT2D eigenvalue weighted by Crippen LogP contribution is -2.43. The molecule has 1 amide bonds. The van der Waals surface area contributed by atoms with E-state index in [4.69, 9.17) is 11.1 Å². The van der Waals surface area contributed by atoms with E-state index in [2.05, 4.69) is 10.6 Å². The SMILES string of the molecule is N=C1C(C(N)=O)=CC=C/C1=C(\F)Nc1ccc(C2(O)CCCNC2)cc1. The maximum atomic E-state index is 14.5. The van der Waals surface area contributed by atoms with E-state index in [1.54, 1.807) is 24.3 Å². The minimum absolute atomic E-state index is 0.0400. The van der Waals surface area contributed by atoms with Crippen LogP contribution in [-0.2, 0) is 10.4 Å². The van der Waals surface area contributed by atoms with Crippen molar-refractivity contribution in [1.29, 1.82) is 5.41 Å². The summed E-state index contributed by atoms with van der Waals surface area (Å²) in [6.07, 6.45) is 5.83. The second-order valence-electron chi connectivity index (χ2n) is 6.42. The summed E-state index contributed by atoms with van der Waals surface area (Å²) in [4.78, 5) is 11.3. The topological polar surface area (TPSA) is 111 Å².